The standard InChI is InChI=1S/C19H18ClNO5/c1-2-21(10-13-6-7-16-17(8-13)26-12-25-16)18(22)11-24-19(23)14-4-3-5-15(20)9-14/h3-9H,2,10-12H2,1H3. The first-order valence-corrected chi connectivity index (χ1v) is 8.53. The van der Waals surface area contributed by atoms with Gasteiger partial charge in [0.1, 0.15) is 0 Å². The smallest absolute Gasteiger partial charge is 0.338 e. The van der Waals surface area contributed by atoms with Gasteiger partial charge in [0, 0.05) is 18.1 Å². The van der Waals surface area contributed by atoms with E-state index in [1.807, 2.05) is 25.1 Å². The molecule has 1 aliphatic rings. The lowest BCUT2D eigenvalue weighted by molar-refractivity contribution is -0.134. The summed E-state index contributed by atoms with van der Waals surface area (Å²) in [6, 6.07) is 11.9. The van der Waals surface area contributed by atoms with E-state index in [4.69, 9.17) is 25.8 Å². The molecule has 0 aliphatic carbocycles. The van der Waals surface area contributed by atoms with Crippen LogP contribution in [0.2, 0.25) is 5.02 Å². The van der Waals surface area contributed by atoms with E-state index in [1.165, 1.54) is 6.07 Å². The summed E-state index contributed by atoms with van der Waals surface area (Å²) >= 11 is 5.85. The average molecular weight is 376 g/mol. The van der Waals surface area contributed by atoms with Crippen LogP contribution >= 0.6 is 11.6 Å². The van der Waals surface area contributed by atoms with Gasteiger partial charge >= 0.3 is 5.97 Å². The van der Waals surface area contributed by atoms with Gasteiger partial charge in [0.05, 0.1) is 5.56 Å². The van der Waals surface area contributed by atoms with Crippen LogP contribution in [-0.4, -0.2) is 36.7 Å². The van der Waals surface area contributed by atoms with Gasteiger partial charge in [-0.3, -0.25) is 4.79 Å². The maximum Gasteiger partial charge on any atom is 0.338 e. The molecule has 2 aromatic rings. The fraction of sp³-hybridized carbons (Fsp3) is 0.263. The molecular weight excluding hydrogens is 358 g/mol. The molecule has 1 heterocycles. The Morgan fingerprint density at radius 2 is 1.96 bits per heavy atom. The Hall–Kier alpha value is -2.73. The molecule has 0 radical (unpaired) electrons. The van der Waals surface area contributed by atoms with Crippen LogP contribution in [0.15, 0.2) is 42.5 Å². The van der Waals surface area contributed by atoms with Crippen LogP contribution < -0.4 is 9.47 Å². The zero-order chi connectivity index (χ0) is 18.5. The molecule has 7 heteroatoms. The first kappa shape index (κ1) is 18.1. The minimum absolute atomic E-state index is 0.203. The topological polar surface area (TPSA) is 65.1 Å². The predicted molar refractivity (Wildman–Crippen MR) is 95.4 cm³/mol. The van der Waals surface area contributed by atoms with Crippen molar-refractivity contribution in [1.29, 1.82) is 0 Å². The molecule has 1 amide bonds. The number of carbonyl (C=O) groups excluding carboxylic acids is 2. The third-order valence-electron chi connectivity index (χ3n) is 3.93. The summed E-state index contributed by atoms with van der Waals surface area (Å²) < 4.78 is 15.7. The highest BCUT2D eigenvalue weighted by atomic mass is 35.5. The molecule has 0 unspecified atom stereocenters. The minimum Gasteiger partial charge on any atom is -0.454 e. The number of ether oxygens (including phenoxy) is 3. The highest BCUT2D eigenvalue weighted by Gasteiger charge is 2.18. The second-order valence-corrected chi connectivity index (χ2v) is 6.12. The Morgan fingerprint density at radius 1 is 1.15 bits per heavy atom. The second kappa shape index (κ2) is 8.10. The first-order valence-electron chi connectivity index (χ1n) is 8.16. The number of benzene rings is 2. The number of carbonyl (C=O) groups is 2. The van der Waals surface area contributed by atoms with Crippen LogP contribution in [-0.2, 0) is 16.1 Å². The van der Waals surface area contributed by atoms with E-state index in [1.54, 1.807) is 23.1 Å². The molecule has 0 bridgehead atoms. The monoisotopic (exact) mass is 375 g/mol. The average Bonchev–Trinajstić information content (AvgIpc) is 3.11. The molecule has 0 N–H and O–H groups in total. The molecule has 3 rings (SSSR count). The molecule has 0 atom stereocenters. The van der Waals surface area contributed by atoms with Crippen LogP contribution in [0.1, 0.15) is 22.8 Å². The van der Waals surface area contributed by atoms with Crippen molar-refractivity contribution in [2.24, 2.45) is 0 Å². The molecule has 0 spiro atoms. The van der Waals surface area contributed by atoms with Crippen molar-refractivity contribution in [3.05, 3.63) is 58.6 Å². The van der Waals surface area contributed by atoms with Crippen molar-refractivity contribution >= 4 is 23.5 Å². The van der Waals surface area contributed by atoms with Crippen molar-refractivity contribution in [3.63, 3.8) is 0 Å². The van der Waals surface area contributed by atoms with Crippen molar-refractivity contribution in [2.75, 3.05) is 19.9 Å². The maximum absolute atomic E-state index is 12.4. The van der Waals surface area contributed by atoms with Crippen molar-refractivity contribution in [3.8, 4) is 11.5 Å². The molecule has 6 nitrogen and oxygen atoms in total. The molecule has 0 saturated heterocycles. The molecule has 0 saturated carbocycles. The van der Waals surface area contributed by atoms with Crippen molar-refractivity contribution in [1.82, 2.24) is 4.90 Å². The Morgan fingerprint density at radius 3 is 2.73 bits per heavy atom. The van der Waals surface area contributed by atoms with Crippen LogP contribution in [0.4, 0.5) is 0 Å². The van der Waals surface area contributed by atoms with Crippen LogP contribution in [0, 0.1) is 0 Å². The summed E-state index contributed by atoms with van der Waals surface area (Å²) in [5, 5.41) is 0.434. The van der Waals surface area contributed by atoms with Gasteiger partial charge < -0.3 is 19.1 Å². The van der Waals surface area contributed by atoms with Gasteiger partial charge in [-0.1, -0.05) is 23.7 Å². The molecule has 0 aromatic heterocycles. The SMILES string of the molecule is CCN(Cc1ccc2c(c1)OCO2)C(=O)COC(=O)c1cccc(Cl)c1. The number of fused-ring (bicyclic) bond motifs is 1. The molecule has 2 aromatic carbocycles. The van der Waals surface area contributed by atoms with Crippen LogP contribution in [0.25, 0.3) is 0 Å². The van der Waals surface area contributed by atoms with E-state index in [0.717, 1.165) is 5.56 Å². The quantitative estimate of drug-likeness (QED) is 0.725. The largest absolute Gasteiger partial charge is 0.454 e. The Bertz CT molecular complexity index is 823. The fourth-order valence-electron chi connectivity index (χ4n) is 2.55. The van der Waals surface area contributed by atoms with Crippen LogP contribution in [0.3, 0.4) is 0 Å². The van der Waals surface area contributed by atoms with Gasteiger partial charge in [-0.25, -0.2) is 4.79 Å². The first-order chi connectivity index (χ1) is 12.6. The van der Waals surface area contributed by atoms with Crippen LogP contribution in [0.5, 0.6) is 11.5 Å². The zero-order valence-electron chi connectivity index (χ0n) is 14.2. The highest BCUT2D eigenvalue weighted by molar-refractivity contribution is 6.30. The molecule has 0 fully saturated rings. The summed E-state index contributed by atoms with van der Waals surface area (Å²) in [6.45, 7) is 2.62. The number of amides is 1. The molecule has 26 heavy (non-hydrogen) atoms. The summed E-state index contributed by atoms with van der Waals surface area (Å²) in [5.41, 5.74) is 1.22. The lowest BCUT2D eigenvalue weighted by Crippen LogP contribution is -2.34. The lowest BCUT2D eigenvalue weighted by atomic mass is 10.2. The zero-order valence-corrected chi connectivity index (χ0v) is 15.0. The minimum atomic E-state index is -0.583. The molecule has 1 aliphatic heterocycles. The number of hydrogen-bond donors (Lipinski definition) is 0. The van der Waals surface area contributed by atoms with E-state index in [2.05, 4.69) is 0 Å². The van der Waals surface area contributed by atoms with Gasteiger partial charge in [0.2, 0.25) is 6.79 Å². The number of esters is 1. The number of nitrogens with zero attached hydrogens (tertiary/aromatic N) is 1. The Balaban J connectivity index is 1.57. The van der Waals surface area contributed by atoms with Gasteiger partial charge in [-0.05, 0) is 42.8 Å². The second-order valence-electron chi connectivity index (χ2n) is 5.68. The van der Waals surface area contributed by atoms with Gasteiger partial charge in [0.25, 0.3) is 5.91 Å². The lowest BCUT2D eigenvalue weighted by Gasteiger charge is -2.21. The summed E-state index contributed by atoms with van der Waals surface area (Å²) in [4.78, 5) is 26.0. The highest BCUT2D eigenvalue weighted by Crippen LogP contribution is 2.32. The van der Waals surface area contributed by atoms with E-state index >= 15 is 0 Å². The predicted octanol–water partition coefficient (Wildman–Crippen LogP) is 3.27. The van der Waals surface area contributed by atoms with Gasteiger partial charge in [-0.2, -0.15) is 0 Å². The molecular formula is C19H18ClNO5. The number of rotatable bonds is 6. The normalized spacial score (nSPS) is 11.9. The number of likely N-dealkylation sites (N-methyl/N-ethyl adjacent to an activating group) is 1. The van der Waals surface area contributed by atoms with E-state index < -0.39 is 5.97 Å². The Labute approximate surface area is 156 Å². The Kier molecular flexibility index (Phi) is 5.63. The van der Waals surface area contributed by atoms with E-state index in [0.29, 0.717) is 35.2 Å². The maximum atomic E-state index is 12.4. The number of halogens is 1. The summed E-state index contributed by atoms with van der Waals surface area (Å²) in [7, 11) is 0. The van der Waals surface area contributed by atoms with Gasteiger partial charge in [0.15, 0.2) is 18.1 Å². The third-order valence-corrected chi connectivity index (χ3v) is 4.17. The van der Waals surface area contributed by atoms with E-state index in [-0.39, 0.29) is 19.3 Å². The third kappa shape index (κ3) is 4.26. The number of hydrogen-bond acceptors (Lipinski definition) is 5. The molecule has 136 valence electrons. The fourth-order valence-corrected chi connectivity index (χ4v) is 2.74. The van der Waals surface area contributed by atoms with Crippen molar-refractivity contribution < 1.29 is 23.8 Å². The van der Waals surface area contributed by atoms with E-state index in [9.17, 15) is 9.59 Å². The summed E-state index contributed by atoms with van der Waals surface area (Å²) in [6.07, 6.45) is 0. The summed E-state index contributed by atoms with van der Waals surface area (Å²) in [5.74, 6) is 0.498. The van der Waals surface area contributed by atoms with Crippen molar-refractivity contribution in [2.45, 2.75) is 13.5 Å². The van der Waals surface area contributed by atoms with Gasteiger partial charge in [-0.15, -0.1) is 0 Å².